The summed E-state index contributed by atoms with van der Waals surface area (Å²) in [7, 11) is 1.59. The lowest BCUT2D eigenvalue weighted by Crippen LogP contribution is -2.17. The van der Waals surface area contributed by atoms with Crippen molar-refractivity contribution in [1.29, 1.82) is 0 Å². The van der Waals surface area contributed by atoms with Gasteiger partial charge in [0.05, 0.1) is 12.0 Å². The van der Waals surface area contributed by atoms with Gasteiger partial charge in [0.1, 0.15) is 11.4 Å². The van der Waals surface area contributed by atoms with Crippen molar-refractivity contribution in [3.05, 3.63) is 56.6 Å². The number of azo groups is 1. The number of halogens is 1. The fraction of sp³-hybridized carbons (Fsp3) is 0.429. The maximum absolute atomic E-state index is 11.3. The molecule has 0 atom stereocenters. The van der Waals surface area contributed by atoms with Gasteiger partial charge in [-0.05, 0) is 34.6 Å². The highest BCUT2D eigenvalue weighted by Crippen LogP contribution is 2.43. The summed E-state index contributed by atoms with van der Waals surface area (Å²) in [5.74, 6) is 0.605. The Morgan fingerprint density at radius 2 is 1.57 bits per heavy atom. The predicted molar refractivity (Wildman–Crippen MR) is 113 cm³/mol. The fourth-order valence-electron chi connectivity index (χ4n) is 2.73. The summed E-state index contributed by atoms with van der Waals surface area (Å²) < 4.78 is 5.65. The van der Waals surface area contributed by atoms with Crippen LogP contribution in [0.2, 0.25) is 5.02 Å². The van der Waals surface area contributed by atoms with Crippen LogP contribution in [0.3, 0.4) is 0 Å². The van der Waals surface area contributed by atoms with Gasteiger partial charge in [-0.3, -0.25) is 10.1 Å². The summed E-state index contributed by atoms with van der Waals surface area (Å²) >= 11 is 5.98. The first-order chi connectivity index (χ1) is 12.8. The zero-order valence-corrected chi connectivity index (χ0v) is 18.1. The SMILES string of the molecule is COc1c(N=Nc2cc(Cl)ccc2[N+](=O)[O-])cc(C(C)(C)C)cc1C(C)(C)C. The van der Waals surface area contributed by atoms with Crippen molar-refractivity contribution in [2.24, 2.45) is 10.2 Å². The van der Waals surface area contributed by atoms with E-state index in [-0.39, 0.29) is 22.2 Å². The Morgan fingerprint density at radius 1 is 0.964 bits per heavy atom. The van der Waals surface area contributed by atoms with Crippen molar-refractivity contribution >= 4 is 28.7 Å². The molecule has 0 saturated carbocycles. The van der Waals surface area contributed by atoms with Crippen molar-refractivity contribution < 1.29 is 9.66 Å². The molecule has 0 aliphatic carbocycles. The van der Waals surface area contributed by atoms with Crippen LogP contribution in [0.15, 0.2) is 40.6 Å². The van der Waals surface area contributed by atoms with E-state index in [1.54, 1.807) is 7.11 Å². The standard InChI is InChI=1S/C21H26ClN3O3/c1-20(2,3)13-10-15(21(4,5)6)19(28-7)17(11-13)24-23-16-12-14(22)8-9-18(16)25(26)27/h8-12H,1-7H3. The van der Waals surface area contributed by atoms with Gasteiger partial charge in [-0.25, -0.2) is 0 Å². The lowest BCUT2D eigenvalue weighted by molar-refractivity contribution is -0.384. The van der Waals surface area contributed by atoms with E-state index in [1.807, 2.05) is 6.07 Å². The third kappa shape index (κ3) is 4.87. The number of methoxy groups -OCH3 is 1. The van der Waals surface area contributed by atoms with E-state index in [4.69, 9.17) is 16.3 Å². The molecule has 28 heavy (non-hydrogen) atoms. The molecule has 2 aromatic carbocycles. The third-order valence-corrected chi connectivity index (χ3v) is 4.58. The van der Waals surface area contributed by atoms with E-state index in [0.717, 1.165) is 11.1 Å². The topological polar surface area (TPSA) is 77.1 Å². The van der Waals surface area contributed by atoms with Crippen LogP contribution >= 0.6 is 11.6 Å². The minimum Gasteiger partial charge on any atom is -0.494 e. The van der Waals surface area contributed by atoms with Crippen molar-refractivity contribution in [2.45, 2.75) is 52.4 Å². The molecular formula is C21H26ClN3O3. The molecule has 0 bridgehead atoms. The zero-order chi connectivity index (χ0) is 21.3. The van der Waals surface area contributed by atoms with Gasteiger partial charge in [0.2, 0.25) is 0 Å². The highest BCUT2D eigenvalue weighted by atomic mass is 35.5. The average molecular weight is 404 g/mol. The van der Waals surface area contributed by atoms with Crippen molar-refractivity contribution in [2.75, 3.05) is 7.11 Å². The molecule has 0 heterocycles. The average Bonchev–Trinajstić information content (AvgIpc) is 2.57. The monoisotopic (exact) mass is 403 g/mol. The number of nitro benzene ring substituents is 1. The van der Waals surface area contributed by atoms with Crippen LogP contribution in [-0.4, -0.2) is 12.0 Å². The van der Waals surface area contributed by atoms with Gasteiger partial charge in [-0.15, -0.1) is 10.2 Å². The van der Waals surface area contributed by atoms with Gasteiger partial charge in [0.25, 0.3) is 5.69 Å². The van der Waals surface area contributed by atoms with Crippen LogP contribution in [-0.2, 0) is 10.8 Å². The first-order valence-corrected chi connectivity index (χ1v) is 9.31. The highest BCUT2D eigenvalue weighted by Gasteiger charge is 2.26. The van der Waals surface area contributed by atoms with E-state index in [0.29, 0.717) is 16.5 Å². The van der Waals surface area contributed by atoms with E-state index in [9.17, 15) is 10.1 Å². The lowest BCUT2D eigenvalue weighted by Gasteiger charge is -2.27. The van der Waals surface area contributed by atoms with Crippen LogP contribution in [0.4, 0.5) is 17.1 Å². The van der Waals surface area contributed by atoms with Crippen molar-refractivity contribution in [3.8, 4) is 5.75 Å². The molecular weight excluding hydrogens is 378 g/mol. The molecule has 0 aliphatic rings. The Morgan fingerprint density at radius 3 is 2.07 bits per heavy atom. The van der Waals surface area contributed by atoms with E-state index in [1.165, 1.54) is 18.2 Å². The molecule has 0 N–H and O–H groups in total. The summed E-state index contributed by atoms with van der Waals surface area (Å²) in [6.45, 7) is 12.6. The second-order valence-electron chi connectivity index (χ2n) is 8.67. The van der Waals surface area contributed by atoms with Crippen LogP contribution in [0, 0.1) is 10.1 Å². The molecule has 0 fully saturated rings. The molecule has 0 aromatic heterocycles. The summed E-state index contributed by atoms with van der Waals surface area (Å²) in [6.07, 6.45) is 0. The molecule has 0 unspecified atom stereocenters. The third-order valence-electron chi connectivity index (χ3n) is 4.35. The first kappa shape index (κ1) is 21.8. The molecule has 2 aromatic rings. The number of ether oxygens (including phenoxy) is 1. The second kappa shape index (κ2) is 7.87. The Hall–Kier alpha value is -2.47. The molecule has 0 saturated heterocycles. The smallest absolute Gasteiger partial charge is 0.296 e. The van der Waals surface area contributed by atoms with Gasteiger partial charge in [-0.2, -0.15) is 0 Å². The Kier molecular flexibility index (Phi) is 6.14. The van der Waals surface area contributed by atoms with Crippen molar-refractivity contribution in [1.82, 2.24) is 0 Å². The molecule has 0 aliphatic heterocycles. The van der Waals surface area contributed by atoms with E-state index < -0.39 is 4.92 Å². The highest BCUT2D eigenvalue weighted by molar-refractivity contribution is 6.30. The molecule has 150 valence electrons. The van der Waals surface area contributed by atoms with Crippen LogP contribution in [0.25, 0.3) is 0 Å². The number of benzene rings is 2. The maximum atomic E-state index is 11.3. The summed E-state index contributed by atoms with van der Waals surface area (Å²) in [4.78, 5) is 10.8. The number of hydrogen-bond acceptors (Lipinski definition) is 5. The van der Waals surface area contributed by atoms with Crippen molar-refractivity contribution in [3.63, 3.8) is 0 Å². The maximum Gasteiger partial charge on any atom is 0.296 e. The van der Waals surface area contributed by atoms with Gasteiger partial charge in [0.15, 0.2) is 5.69 Å². The molecule has 6 nitrogen and oxygen atoms in total. The Bertz CT molecular complexity index is 926. The fourth-order valence-corrected chi connectivity index (χ4v) is 2.90. The lowest BCUT2D eigenvalue weighted by atomic mass is 9.80. The molecule has 0 spiro atoms. The number of nitro groups is 1. The van der Waals surface area contributed by atoms with E-state index in [2.05, 4.69) is 57.8 Å². The Balaban J connectivity index is 2.70. The van der Waals surface area contributed by atoms with Gasteiger partial charge >= 0.3 is 0 Å². The zero-order valence-electron chi connectivity index (χ0n) is 17.3. The minimum atomic E-state index is -0.506. The summed E-state index contributed by atoms with van der Waals surface area (Å²) in [5.41, 5.74) is 2.24. The minimum absolute atomic E-state index is 0.0954. The number of hydrogen-bond donors (Lipinski definition) is 0. The Labute approximate surface area is 170 Å². The molecule has 0 amide bonds. The van der Waals surface area contributed by atoms with Gasteiger partial charge in [-0.1, -0.05) is 59.2 Å². The normalized spacial score (nSPS) is 12.4. The summed E-state index contributed by atoms with van der Waals surface area (Å²) in [5, 5.41) is 20.1. The first-order valence-electron chi connectivity index (χ1n) is 8.93. The second-order valence-corrected chi connectivity index (χ2v) is 9.10. The largest absolute Gasteiger partial charge is 0.494 e. The predicted octanol–water partition coefficient (Wildman–Crippen LogP) is 7.27. The van der Waals surface area contributed by atoms with Crippen LogP contribution in [0.1, 0.15) is 52.7 Å². The number of rotatable bonds is 4. The van der Waals surface area contributed by atoms with Crippen LogP contribution < -0.4 is 4.74 Å². The van der Waals surface area contributed by atoms with Gasteiger partial charge in [0, 0.05) is 16.7 Å². The molecule has 2 rings (SSSR count). The molecule has 0 radical (unpaired) electrons. The van der Waals surface area contributed by atoms with Crippen LogP contribution in [0.5, 0.6) is 5.75 Å². The van der Waals surface area contributed by atoms with E-state index >= 15 is 0 Å². The quantitative estimate of drug-likeness (QED) is 0.306. The number of nitrogens with zero attached hydrogens (tertiary/aromatic N) is 3. The summed E-state index contributed by atoms with van der Waals surface area (Å²) in [6, 6.07) is 8.24. The molecule has 7 heteroatoms. The van der Waals surface area contributed by atoms with Gasteiger partial charge < -0.3 is 4.74 Å².